The molecular weight excluding hydrogens is 254 g/mol. The third-order valence-electron chi connectivity index (χ3n) is 5.36. The molecule has 2 rings (SSSR count). The van der Waals surface area contributed by atoms with Crippen molar-refractivity contribution < 1.29 is 0 Å². The molecule has 0 aromatic heterocycles. The van der Waals surface area contributed by atoms with E-state index >= 15 is 0 Å². The predicted molar refractivity (Wildman–Crippen MR) is 92.6 cm³/mol. The molecule has 21 heavy (non-hydrogen) atoms. The van der Waals surface area contributed by atoms with Gasteiger partial charge in [-0.1, -0.05) is 63.9 Å². The molecule has 1 aromatic rings. The third-order valence-corrected chi connectivity index (χ3v) is 5.36. The molecule has 0 spiro atoms. The van der Waals surface area contributed by atoms with Gasteiger partial charge in [-0.25, -0.2) is 0 Å². The molecule has 1 saturated carbocycles. The summed E-state index contributed by atoms with van der Waals surface area (Å²) in [5.74, 6) is 1.66. The zero-order chi connectivity index (χ0) is 15.5. The highest BCUT2D eigenvalue weighted by Gasteiger charge is 2.38. The van der Waals surface area contributed by atoms with Gasteiger partial charge in [-0.3, -0.25) is 0 Å². The lowest BCUT2D eigenvalue weighted by atomic mass is 9.64. The first kappa shape index (κ1) is 16.5. The van der Waals surface area contributed by atoms with E-state index in [-0.39, 0.29) is 0 Å². The topological polar surface area (TPSA) is 12.0 Å². The SMILES string of the molecule is CCNC1CC(C)CCC1C(C)(C)Cc1ccc(C)cc1. The molecule has 1 N–H and O–H groups in total. The van der Waals surface area contributed by atoms with Gasteiger partial charge in [0.15, 0.2) is 0 Å². The van der Waals surface area contributed by atoms with Gasteiger partial charge in [0, 0.05) is 6.04 Å². The summed E-state index contributed by atoms with van der Waals surface area (Å²) in [4.78, 5) is 0. The summed E-state index contributed by atoms with van der Waals surface area (Å²) < 4.78 is 0. The van der Waals surface area contributed by atoms with Crippen LogP contribution in [0.5, 0.6) is 0 Å². The fourth-order valence-corrected chi connectivity index (χ4v) is 4.17. The molecule has 0 aliphatic heterocycles. The highest BCUT2D eigenvalue weighted by atomic mass is 14.9. The molecule has 1 heteroatoms. The molecular formula is C20H33N. The van der Waals surface area contributed by atoms with Crippen LogP contribution in [0.25, 0.3) is 0 Å². The maximum Gasteiger partial charge on any atom is 0.0103 e. The van der Waals surface area contributed by atoms with Crippen molar-refractivity contribution in [3.8, 4) is 0 Å². The predicted octanol–water partition coefficient (Wildman–Crippen LogP) is 4.98. The first-order valence-electron chi connectivity index (χ1n) is 8.71. The minimum atomic E-state index is 0.363. The van der Waals surface area contributed by atoms with Crippen LogP contribution in [0.2, 0.25) is 0 Å². The number of aryl methyl sites for hydroxylation is 1. The van der Waals surface area contributed by atoms with Gasteiger partial charge >= 0.3 is 0 Å². The Morgan fingerprint density at radius 2 is 1.81 bits per heavy atom. The zero-order valence-corrected chi connectivity index (χ0v) is 14.6. The van der Waals surface area contributed by atoms with Crippen LogP contribution < -0.4 is 5.32 Å². The van der Waals surface area contributed by atoms with Crippen molar-refractivity contribution >= 4 is 0 Å². The van der Waals surface area contributed by atoms with Gasteiger partial charge in [0.1, 0.15) is 0 Å². The smallest absolute Gasteiger partial charge is 0.0103 e. The van der Waals surface area contributed by atoms with Gasteiger partial charge < -0.3 is 5.32 Å². The molecule has 3 atom stereocenters. The van der Waals surface area contributed by atoms with Crippen LogP contribution in [-0.2, 0) is 6.42 Å². The summed E-state index contributed by atoms with van der Waals surface area (Å²) in [6.45, 7) is 12.8. The van der Waals surface area contributed by atoms with Crippen molar-refractivity contribution in [1.82, 2.24) is 5.32 Å². The number of benzene rings is 1. The van der Waals surface area contributed by atoms with E-state index < -0.39 is 0 Å². The quantitative estimate of drug-likeness (QED) is 0.805. The summed E-state index contributed by atoms with van der Waals surface area (Å²) in [7, 11) is 0. The van der Waals surface area contributed by atoms with E-state index in [4.69, 9.17) is 0 Å². The van der Waals surface area contributed by atoms with Gasteiger partial charge in [-0.15, -0.1) is 0 Å². The van der Waals surface area contributed by atoms with Gasteiger partial charge in [0.25, 0.3) is 0 Å². The van der Waals surface area contributed by atoms with Crippen LogP contribution in [0.1, 0.15) is 58.1 Å². The van der Waals surface area contributed by atoms with Crippen LogP contribution in [0, 0.1) is 24.2 Å². The van der Waals surface area contributed by atoms with E-state index in [2.05, 4.69) is 64.2 Å². The maximum atomic E-state index is 3.77. The monoisotopic (exact) mass is 287 g/mol. The van der Waals surface area contributed by atoms with Crippen LogP contribution in [0.3, 0.4) is 0 Å². The minimum Gasteiger partial charge on any atom is -0.314 e. The van der Waals surface area contributed by atoms with E-state index in [9.17, 15) is 0 Å². The van der Waals surface area contributed by atoms with Crippen molar-refractivity contribution in [2.45, 2.75) is 66.3 Å². The summed E-state index contributed by atoms with van der Waals surface area (Å²) >= 11 is 0. The Labute approximate surface area is 131 Å². The van der Waals surface area contributed by atoms with Gasteiger partial charge in [-0.2, -0.15) is 0 Å². The summed E-state index contributed by atoms with van der Waals surface area (Å²) in [5.41, 5.74) is 3.20. The van der Waals surface area contributed by atoms with Crippen LogP contribution in [0.15, 0.2) is 24.3 Å². The number of nitrogens with one attached hydrogen (secondary N) is 1. The molecule has 3 unspecified atom stereocenters. The van der Waals surface area contributed by atoms with Crippen molar-refractivity contribution in [3.63, 3.8) is 0 Å². The molecule has 1 nitrogen and oxygen atoms in total. The Hall–Kier alpha value is -0.820. The normalized spacial score (nSPS) is 26.8. The largest absolute Gasteiger partial charge is 0.314 e. The highest BCUT2D eigenvalue weighted by molar-refractivity contribution is 5.22. The number of hydrogen-bond acceptors (Lipinski definition) is 1. The Balaban J connectivity index is 2.10. The minimum absolute atomic E-state index is 0.363. The fourth-order valence-electron chi connectivity index (χ4n) is 4.17. The molecule has 1 aliphatic rings. The standard InChI is InChI=1S/C20H33N/c1-6-21-19-13-16(3)9-12-18(19)20(4,5)14-17-10-7-15(2)8-11-17/h7-8,10-11,16,18-19,21H,6,9,12-14H2,1-5H3. The van der Waals surface area contributed by atoms with Crippen molar-refractivity contribution in [3.05, 3.63) is 35.4 Å². The summed E-state index contributed by atoms with van der Waals surface area (Å²) in [6, 6.07) is 9.81. The first-order valence-corrected chi connectivity index (χ1v) is 8.71. The van der Waals surface area contributed by atoms with Gasteiger partial charge in [0.05, 0.1) is 0 Å². The van der Waals surface area contributed by atoms with E-state index in [0.29, 0.717) is 11.5 Å². The molecule has 0 saturated heterocycles. The summed E-state index contributed by atoms with van der Waals surface area (Å²) in [6.07, 6.45) is 5.30. The molecule has 0 bridgehead atoms. The second-order valence-electron chi connectivity index (χ2n) is 7.84. The lowest BCUT2D eigenvalue weighted by Gasteiger charge is -2.45. The maximum absolute atomic E-state index is 3.77. The molecule has 0 radical (unpaired) electrons. The molecule has 1 aromatic carbocycles. The van der Waals surface area contributed by atoms with Crippen LogP contribution in [-0.4, -0.2) is 12.6 Å². The lowest BCUT2D eigenvalue weighted by molar-refractivity contribution is 0.0950. The van der Waals surface area contributed by atoms with Crippen molar-refractivity contribution in [2.24, 2.45) is 17.3 Å². The summed E-state index contributed by atoms with van der Waals surface area (Å²) in [5, 5.41) is 3.77. The highest BCUT2D eigenvalue weighted by Crippen LogP contribution is 2.42. The van der Waals surface area contributed by atoms with E-state index in [1.165, 1.54) is 36.8 Å². The average molecular weight is 287 g/mol. The Morgan fingerprint density at radius 1 is 1.14 bits per heavy atom. The second kappa shape index (κ2) is 6.96. The second-order valence-corrected chi connectivity index (χ2v) is 7.84. The lowest BCUT2D eigenvalue weighted by Crippen LogP contribution is -2.47. The Kier molecular flexibility index (Phi) is 5.48. The van der Waals surface area contributed by atoms with Crippen molar-refractivity contribution in [1.29, 1.82) is 0 Å². The van der Waals surface area contributed by atoms with Crippen LogP contribution >= 0.6 is 0 Å². The third kappa shape index (κ3) is 4.32. The number of rotatable bonds is 5. The Morgan fingerprint density at radius 3 is 2.43 bits per heavy atom. The average Bonchev–Trinajstić information content (AvgIpc) is 2.41. The van der Waals surface area contributed by atoms with E-state index in [0.717, 1.165) is 18.4 Å². The molecule has 0 heterocycles. The van der Waals surface area contributed by atoms with Crippen LogP contribution in [0.4, 0.5) is 0 Å². The van der Waals surface area contributed by atoms with Gasteiger partial charge in [0.2, 0.25) is 0 Å². The van der Waals surface area contributed by atoms with E-state index in [1.54, 1.807) is 0 Å². The Bertz CT molecular complexity index is 432. The van der Waals surface area contributed by atoms with Gasteiger partial charge in [-0.05, 0) is 55.5 Å². The first-order chi connectivity index (χ1) is 9.92. The van der Waals surface area contributed by atoms with Crippen molar-refractivity contribution in [2.75, 3.05) is 6.54 Å². The zero-order valence-electron chi connectivity index (χ0n) is 14.6. The molecule has 118 valence electrons. The van der Waals surface area contributed by atoms with E-state index in [1.807, 2.05) is 0 Å². The molecule has 1 aliphatic carbocycles. The fraction of sp³-hybridized carbons (Fsp3) is 0.700. The molecule has 1 fully saturated rings. The molecule has 0 amide bonds. The number of hydrogen-bond donors (Lipinski definition) is 1.